The molecule has 0 fully saturated rings. The van der Waals surface area contributed by atoms with Crippen LogP contribution in [0.15, 0.2) is 23.1 Å². The first-order valence-corrected chi connectivity index (χ1v) is 7.72. The molecule has 10 heteroatoms. The minimum Gasteiger partial charge on any atom is -0.459 e. The maximum absolute atomic E-state index is 11.6. The number of esters is 1. The Labute approximate surface area is 127 Å². The number of ether oxygens (including phenoxy) is 1. The molecule has 0 radical (unpaired) electrons. The lowest BCUT2D eigenvalue weighted by atomic mass is 10.2. The van der Waals surface area contributed by atoms with E-state index in [4.69, 9.17) is 9.88 Å². The number of nitro benzene ring substituents is 1. The van der Waals surface area contributed by atoms with Gasteiger partial charge in [0.25, 0.3) is 5.69 Å². The average molecular weight is 331 g/mol. The largest absolute Gasteiger partial charge is 0.459 e. The van der Waals surface area contributed by atoms with Crippen LogP contribution in [0.25, 0.3) is 0 Å². The van der Waals surface area contributed by atoms with Gasteiger partial charge in [-0.1, -0.05) is 0 Å². The quantitative estimate of drug-likeness (QED) is 0.465. The van der Waals surface area contributed by atoms with Crippen LogP contribution in [0.2, 0.25) is 0 Å². The van der Waals surface area contributed by atoms with Crippen molar-refractivity contribution in [2.45, 2.75) is 31.3 Å². The van der Waals surface area contributed by atoms with Gasteiger partial charge < -0.3 is 10.1 Å². The number of carbonyl (C=O) groups is 1. The van der Waals surface area contributed by atoms with Crippen molar-refractivity contribution in [3.8, 4) is 0 Å². The summed E-state index contributed by atoms with van der Waals surface area (Å²) in [6.45, 7) is 4.77. The molecule has 0 aliphatic heterocycles. The topological polar surface area (TPSA) is 142 Å². The van der Waals surface area contributed by atoms with Gasteiger partial charge >= 0.3 is 5.97 Å². The summed E-state index contributed by atoms with van der Waals surface area (Å²) >= 11 is 0. The Morgan fingerprint density at radius 2 is 2.00 bits per heavy atom. The van der Waals surface area contributed by atoms with Crippen LogP contribution in [-0.2, 0) is 19.6 Å². The summed E-state index contributed by atoms with van der Waals surface area (Å²) in [5, 5.41) is 18.5. The van der Waals surface area contributed by atoms with E-state index in [1.165, 1.54) is 6.07 Å². The van der Waals surface area contributed by atoms with E-state index in [9.17, 15) is 23.3 Å². The second-order valence-corrected chi connectivity index (χ2v) is 6.98. The molecule has 1 rings (SSSR count). The predicted octanol–water partition coefficient (Wildman–Crippen LogP) is 0.996. The van der Waals surface area contributed by atoms with E-state index in [1.54, 1.807) is 20.8 Å². The molecule has 0 aliphatic carbocycles. The number of primary sulfonamides is 1. The van der Waals surface area contributed by atoms with Crippen LogP contribution < -0.4 is 10.5 Å². The summed E-state index contributed by atoms with van der Waals surface area (Å²) in [5.74, 6) is -0.600. The second kappa shape index (κ2) is 6.28. The number of hydrogen-bond donors (Lipinski definition) is 2. The summed E-state index contributed by atoms with van der Waals surface area (Å²) in [6.07, 6.45) is 0. The van der Waals surface area contributed by atoms with Crippen molar-refractivity contribution in [2.75, 3.05) is 11.9 Å². The van der Waals surface area contributed by atoms with Crippen molar-refractivity contribution in [1.82, 2.24) is 0 Å². The highest BCUT2D eigenvalue weighted by Crippen LogP contribution is 2.27. The number of benzene rings is 1. The number of nitrogens with one attached hydrogen (secondary N) is 1. The van der Waals surface area contributed by atoms with Gasteiger partial charge in [0.15, 0.2) is 0 Å². The maximum Gasteiger partial charge on any atom is 0.325 e. The Morgan fingerprint density at radius 1 is 1.41 bits per heavy atom. The number of carbonyl (C=O) groups excluding carboxylic acids is 1. The Bertz CT molecular complexity index is 693. The van der Waals surface area contributed by atoms with E-state index in [0.717, 1.165) is 12.1 Å². The predicted molar refractivity (Wildman–Crippen MR) is 78.8 cm³/mol. The van der Waals surface area contributed by atoms with Gasteiger partial charge in [0.1, 0.15) is 17.8 Å². The third-order valence-electron chi connectivity index (χ3n) is 2.34. The molecule has 0 spiro atoms. The SMILES string of the molecule is CC(C)(C)OC(=O)CNc1ccc(S(N)(=O)=O)cc1[N+](=O)[O-]. The van der Waals surface area contributed by atoms with Crippen LogP contribution in [-0.4, -0.2) is 31.5 Å². The first kappa shape index (κ1) is 17.9. The van der Waals surface area contributed by atoms with Crippen molar-refractivity contribution in [1.29, 1.82) is 0 Å². The van der Waals surface area contributed by atoms with E-state index in [0.29, 0.717) is 0 Å². The summed E-state index contributed by atoms with van der Waals surface area (Å²) in [6, 6.07) is 3.11. The summed E-state index contributed by atoms with van der Waals surface area (Å²) in [5.41, 5.74) is -1.19. The highest BCUT2D eigenvalue weighted by atomic mass is 32.2. The van der Waals surface area contributed by atoms with Crippen molar-refractivity contribution >= 4 is 27.4 Å². The molecule has 1 aromatic rings. The maximum atomic E-state index is 11.6. The van der Waals surface area contributed by atoms with E-state index in [-0.39, 0.29) is 17.1 Å². The lowest BCUT2D eigenvalue weighted by Crippen LogP contribution is -2.28. The third-order valence-corrected chi connectivity index (χ3v) is 3.25. The summed E-state index contributed by atoms with van der Waals surface area (Å²) < 4.78 is 27.5. The number of hydrogen-bond acceptors (Lipinski definition) is 7. The zero-order chi connectivity index (χ0) is 17.1. The Kier molecular flexibility index (Phi) is 5.09. The fraction of sp³-hybridized carbons (Fsp3) is 0.417. The molecule has 0 saturated carbocycles. The van der Waals surface area contributed by atoms with Gasteiger partial charge in [0.05, 0.1) is 9.82 Å². The number of nitro groups is 1. The van der Waals surface area contributed by atoms with E-state index < -0.39 is 32.2 Å². The van der Waals surface area contributed by atoms with Gasteiger partial charge in [-0.25, -0.2) is 13.6 Å². The Balaban J connectivity index is 2.96. The second-order valence-electron chi connectivity index (χ2n) is 5.42. The Hall–Kier alpha value is -2.20. The molecule has 0 bridgehead atoms. The first-order valence-electron chi connectivity index (χ1n) is 6.17. The van der Waals surface area contributed by atoms with E-state index >= 15 is 0 Å². The molecule has 0 aliphatic rings. The van der Waals surface area contributed by atoms with Gasteiger partial charge in [-0.15, -0.1) is 0 Å². The number of anilines is 1. The van der Waals surface area contributed by atoms with Crippen molar-refractivity contribution in [3.05, 3.63) is 28.3 Å². The zero-order valence-corrected chi connectivity index (χ0v) is 13.1. The molecular formula is C12H17N3O6S. The highest BCUT2D eigenvalue weighted by Gasteiger charge is 2.21. The number of sulfonamides is 1. The molecular weight excluding hydrogens is 314 g/mol. The van der Waals surface area contributed by atoms with Crippen LogP contribution in [0.1, 0.15) is 20.8 Å². The molecule has 0 heterocycles. The van der Waals surface area contributed by atoms with Crippen molar-refractivity contribution < 1.29 is 22.9 Å². The zero-order valence-electron chi connectivity index (χ0n) is 12.3. The summed E-state index contributed by atoms with van der Waals surface area (Å²) in [4.78, 5) is 21.4. The fourth-order valence-corrected chi connectivity index (χ4v) is 2.07. The first-order chi connectivity index (χ1) is 9.90. The van der Waals surface area contributed by atoms with Crippen LogP contribution in [0.5, 0.6) is 0 Å². The molecule has 0 amide bonds. The standard InChI is InChI=1S/C12H17N3O6S/c1-12(2,3)21-11(16)7-14-9-5-4-8(22(13,19)20)6-10(9)15(17)18/h4-6,14H,7H2,1-3H3,(H2,13,19,20). The van der Waals surface area contributed by atoms with Gasteiger partial charge in [0, 0.05) is 6.07 Å². The number of nitrogens with zero attached hydrogens (tertiary/aromatic N) is 1. The van der Waals surface area contributed by atoms with Crippen LogP contribution in [0, 0.1) is 10.1 Å². The number of nitrogens with two attached hydrogens (primary N) is 1. The monoisotopic (exact) mass is 331 g/mol. The molecule has 122 valence electrons. The van der Waals surface area contributed by atoms with Crippen LogP contribution >= 0.6 is 0 Å². The van der Waals surface area contributed by atoms with Gasteiger partial charge in [-0.05, 0) is 32.9 Å². The average Bonchev–Trinajstić information content (AvgIpc) is 2.32. The molecule has 0 saturated heterocycles. The third kappa shape index (κ3) is 5.30. The molecule has 0 aromatic heterocycles. The lowest BCUT2D eigenvalue weighted by molar-refractivity contribution is -0.384. The normalized spacial score (nSPS) is 11.8. The fourth-order valence-electron chi connectivity index (χ4n) is 1.53. The molecule has 3 N–H and O–H groups in total. The molecule has 0 unspecified atom stereocenters. The summed E-state index contributed by atoms with van der Waals surface area (Å²) in [7, 11) is -4.05. The van der Waals surface area contributed by atoms with Gasteiger partial charge in [-0.2, -0.15) is 0 Å². The van der Waals surface area contributed by atoms with Crippen molar-refractivity contribution in [3.63, 3.8) is 0 Å². The van der Waals surface area contributed by atoms with E-state index in [1.807, 2.05) is 0 Å². The van der Waals surface area contributed by atoms with Crippen LogP contribution in [0.4, 0.5) is 11.4 Å². The number of rotatable bonds is 5. The molecule has 0 atom stereocenters. The van der Waals surface area contributed by atoms with Crippen molar-refractivity contribution in [2.24, 2.45) is 5.14 Å². The molecule has 22 heavy (non-hydrogen) atoms. The molecule has 9 nitrogen and oxygen atoms in total. The Morgan fingerprint density at radius 3 is 2.45 bits per heavy atom. The molecule has 1 aromatic carbocycles. The smallest absolute Gasteiger partial charge is 0.325 e. The van der Waals surface area contributed by atoms with Gasteiger partial charge in [-0.3, -0.25) is 14.9 Å². The minimum atomic E-state index is -4.05. The minimum absolute atomic E-state index is 0.0109. The van der Waals surface area contributed by atoms with Crippen LogP contribution in [0.3, 0.4) is 0 Å². The highest BCUT2D eigenvalue weighted by molar-refractivity contribution is 7.89. The van der Waals surface area contributed by atoms with Gasteiger partial charge in [0.2, 0.25) is 10.0 Å². The van der Waals surface area contributed by atoms with E-state index in [2.05, 4.69) is 5.32 Å². The lowest BCUT2D eigenvalue weighted by Gasteiger charge is -2.19.